The summed E-state index contributed by atoms with van der Waals surface area (Å²) >= 11 is 0. The molecule has 0 saturated heterocycles. The summed E-state index contributed by atoms with van der Waals surface area (Å²) < 4.78 is 16.1. The number of carbonyl (C=O) groups is 1. The molecule has 0 amide bonds. The zero-order valence-corrected chi connectivity index (χ0v) is 19.2. The molecule has 0 bridgehead atoms. The Balaban J connectivity index is 1.73. The summed E-state index contributed by atoms with van der Waals surface area (Å²) in [7, 11) is 2.85. The molecule has 0 spiro atoms. The van der Waals surface area contributed by atoms with Gasteiger partial charge in [0.05, 0.1) is 26.7 Å². The van der Waals surface area contributed by atoms with Crippen LogP contribution in [-0.4, -0.2) is 32.5 Å². The van der Waals surface area contributed by atoms with Gasteiger partial charge in [0.15, 0.2) is 0 Å². The standard InChI is InChI=1S/C26H31NO5/c1-18-14-25(19(2)13-21(18)15-27-32-22-10-6-7-11-22)31-16-20-9-5-8-12-23(20)24(17-29-3)26(28)30-4/h5,8-9,12-15,17,22H,6-7,10-11,16H2,1-4H3/b24-17+,27-15+. The maximum Gasteiger partial charge on any atom is 0.341 e. The largest absolute Gasteiger partial charge is 0.503 e. The molecule has 0 N–H and O–H groups in total. The van der Waals surface area contributed by atoms with Crippen LogP contribution >= 0.6 is 0 Å². The van der Waals surface area contributed by atoms with Crippen LogP contribution in [-0.2, 0) is 25.7 Å². The number of hydrogen-bond acceptors (Lipinski definition) is 6. The fourth-order valence-corrected chi connectivity index (χ4v) is 3.79. The van der Waals surface area contributed by atoms with Gasteiger partial charge in [-0.25, -0.2) is 4.79 Å². The lowest BCUT2D eigenvalue weighted by molar-refractivity contribution is -0.133. The van der Waals surface area contributed by atoms with Gasteiger partial charge in [-0.2, -0.15) is 0 Å². The summed E-state index contributed by atoms with van der Waals surface area (Å²) in [5.41, 5.74) is 4.96. The number of nitrogens with zero attached hydrogens (tertiary/aromatic N) is 1. The molecule has 0 aromatic heterocycles. The van der Waals surface area contributed by atoms with E-state index in [-0.39, 0.29) is 6.10 Å². The minimum absolute atomic E-state index is 0.248. The third-order valence-corrected chi connectivity index (χ3v) is 5.60. The first-order valence-electron chi connectivity index (χ1n) is 10.9. The molecule has 170 valence electrons. The van der Waals surface area contributed by atoms with Gasteiger partial charge in [0.25, 0.3) is 0 Å². The first-order chi connectivity index (χ1) is 15.5. The van der Waals surface area contributed by atoms with Crippen LogP contribution in [0.15, 0.2) is 47.8 Å². The smallest absolute Gasteiger partial charge is 0.341 e. The van der Waals surface area contributed by atoms with Crippen molar-refractivity contribution >= 4 is 17.8 Å². The van der Waals surface area contributed by atoms with E-state index in [0.29, 0.717) is 17.7 Å². The fourth-order valence-electron chi connectivity index (χ4n) is 3.79. The Bertz CT molecular complexity index is 990. The molecule has 1 aliphatic carbocycles. The SMILES string of the molecule is CO/C=C(/C(=O)OC)c1ccccc1COc1cc(C)c(/C=N/OC2CCCC2)cc1C. The normalized spacial score (nSPS) is 14.6. The van der Waals surface area contributed by atoms with Crippen LogP contribution in [0.1, 0.15) is 53.5 Å². The highest BCUT2D eigenvalue weighted by molar-refractivity contribution is 6.16. The van der Waals surface area contributed by atoms with Crippen molar-refractivity contribution in [2.75, 3.05) is 14.2 Å². The lowest BCUT2D eigenvalue weighted by atomic mass is 10.0. The number of rotatable bonds is 9. The van der Waals surface area contributed by atoms with E-state index >= 15 is 0 Å². The van der Waals surface area contributed by atoms with Crippen molar-refractivity contribution in [2.45, 2.75) is 52.2 Å². The highest BCUT2D eigenvalue weighted by atomic mass is 16.6. The summed E-state index contributed by atoms with van der Waals surface area (Å²) in [5.74, 6) is 0.316. The van der Waals surface area contributed by atoms with Gasteiger partial charge in [0.2, 0.25) is 0 Å². The van der Waals surface area contributed by atoms with Crippen LogP contribution in [0.4, 0.5) is 0 Å². The Morgan fingerprint density at radius 3 is 2.56 bits per heavy atom. The fraction of sp³-hybridized carbons (Fsp3) is 0.385. The van der Waals surface area contributed by atoms with Crippen molar-refractivity contribution in [2.24, 2.45) is 5.16 Å². The molecular weight excluding hydrogens is 406 g/mol. The maximum absolute atomic E-state index is 12.2. The predicted octanol–water partition coefficient (Wildman–Crippen LogP) is 5.34. The minimum Gasteiger partial charge on any atom is -0.503 e. The topological polar surface area (TPSA) is 66.4 Å². The highest BCUT2D eigenvalue weighted by Crippen LogP contribution is 2.26. The molecule has 6 nitrogen and oxygen atoms in total. The predicted molar refractivity (Wildman–Crippen MR) is 125 cm³/mol. The first kappa shape index (κ1) is 23.4. The molecule has 1 fully saturated rings. The molecule has 0 atom stereocenters. The van der Waals surface area contributed by atoms with Crippen LogP contribution in [0.3, 0.4) is 0 Å². The summed E-state index contributed by atoms with van der Waals surface area (Å²) in [6.45, 7) is 4.32. The van der Waals surface area contributed by atoms with Crippen LogP contribution in [0.2, 0.25) is 0 Å². The Hall–Kier alpha value is -3.28. The second kappa shape index (κ2) is 11.4. The van der Waals surface area contributed by atoms with Gasteiger partial charge in [0.1, 0.15) is 24.0 Å². The van der Waals surface area contributed by atoms with Crippen LogP contribution in [0.5, 0.6) is 5.75 Å². The van der Waals surface area contributed by atoms with Crippen LogP contribution in [0, 0.1) is 13.8 Å². The number of methoxy groups -OCH3 is 2. The molecule has 3 rings (SSSR count). The van der Waals surface area contributed by atoms with Crippen molar-refractivity contribution in [1.29, 1.82) is 0 Å². The van der Waals surface area contributed by atoms with E-state index in [0.717, 1.165) is 40.8 Å². The van der Waals surface area contributed by atoms with E-state index in [1.165, 1.54) is 33.3 Å². The van der Waals surface area contributed by atoms with Gasteiger partial charge in [0, 0.05) is 0 Å². The summed E-state index contributed by atoms with van der Waals surface area (Å²) in [5, 5.41) is 4.19. The van der Waals surface area contributed by atoms with E-state index in [2.05, 4.69) is 5.16 Å². The van der Waals surface area contributed by atoms with E-state index in [4.69, 9.17) is 19.0 Å². The molecule has 0 unspecified atom stereocenters. The molecule has 1 saturated carbocycles. The number of ether oxygens (including phenoxy) is 3. The van der Waals surface area contributed by atoms with Crippen LogP contribution < -0.4 is 4.74 Å². The number of benzene rings is 2. The molecule has 1 aliphatic rings. The summed E-state index contributed by atoms with van der Waals surface area (Å²) in [6.07, 6.45) is 8.02. The molecule has 32 heavy (non-hydrogen) atoms. The van der Waals surface area contributed by atoms with Crippen molar-refractivity contribution in [3.8, 4) is 5.75 Å². The first-order valence-corrected chi connectivity index (χ1v) is 10.9. The number of hydrogen-bond donors (Lipinski definition) is 0. The number of carbonyl (C=O) groups excluding carboxylic acids is 1. The Kier molecular flexibility index (Phi) is 8.31. The Morgan fingerprint density at radius 2 is 1.84 bits per heavy atom. The third-order valence-electron chi connectivity index (χ3n) is 5.60. The zero-order valence-electron chi connectivity index (χ0n) is 19.2. The molecule has 0 radical (unpaired) electrons. The van der Waals surface area contributed by atoms with E-state index < -0.39 is 5.97 Å². The third kappa shape index (κ3) is 5.90. The zero-order chi connectivity index (χ0) is 22.9. The molecular formula is C26H31NO5. The van der Waals surface area contributed by atoms with Crippen LogP contribution in [0.25, 0.3) is 5.57 Å². The lowest BCUT2D eigenvalue weighted by Gasteiger charge is -2.15. The van der Waals surface area contributed by atoms with E-state index in [1.807, 2.05) is 50.2 Å². The average Bonchev–Trinajstić information content (AvgIpc) is 3.32. The summed E-state index contributed by atoms with van der Waals surface area (Å²) in [4.78, 5) is 17.8. The number of esters is 1. The molecule has 6 heteroatoms. The molecule has 0 heterocycles. The van der Waals surface area contributed by atoms with E-state index in [9.17, 15) is 4.79 Å². The monoisotopic (exact) mass is 437 g/mol. The second-order valence-electron chi connectivity index (χ2n) is 7.93. The van der Waals surface area contributed by atoms with Gasteiger partial charge >= 0.3 is 5.97 Å². The average molecular weight is 438 g/mol. The quantitative estimate of drug-likeness (QED) is 0.174. The van der Waals surface area contributed by atoms with E-state index in [1.54, 1.807) is 6.21 Å². The summed E-state index contributed by atoms with van der Waals surface area (Å²) in [6, 6.07) is 11.6. The maximum atomic E-state index is 12.2. The number of aryl methyl sites for hydroxylation is 2. The van der Waals surface area contributed by atoms with Gasteiger partial charge in [-0.15, -0.1) is 0 Å². The lowest BCUT2D eigenvalue weighted by Crippen LogP contribution is -2.08. The van der Waals surface area contributed by atoms with Crippen molar-refractivity contribution in [3.05, 3.63) is 70.5 Å². The molecule has 2 aromatic rings. The second-order valence-corrected chi connectivity index (χ2v) is 7.93. The minimum atomic E-state index is -0.463. The Morgan fingerprint density at radius 1 is 1.09 bits per heavy atom. The number of oxime groups is 1. The van der Waals surface area contributed by atoms with Gasteiger partial charge in [-0.1, -0.05) is 29.4 Å². The molecule has 2 aromatic carbocycles. The molecule has 0 aliphatic heterocycles. The van der Waals surface area contributed by atoms with Gasteiger partial charge in [-0.05, 0) is 79.5 Å². The van der Waals surface area contributed by atoms with Gasteiger partial charge in [-0.3, -0.25) is 0 Å². The Labute approximate surface area is 189 Å². The van der Waals surface area contributed by atoms with Crippen molar-refractivity contribution < 1.29 is 23.8 Å². The van der Waals surface area contributed by atoms with Gasteiger partial charge < -0.3 is 19.0 Å². The van der Waals surface area contributed by atoms with Crippen molar-refractivity contribution in [1.82, 2.24) is 0 Å². The van der Waals surface area contributed by atoms with Crippen molar-refractivity contribution in [3.63, 3.8) is 0 Å². The highest BCUT2D eigenvalue weighted by Gasteiger charge is 2.18.